The highest BCUT2D eigenvalue weighted by atomic mass is 35.5. The predicted molar refractivity (Wildman–Crippen MR) is 62.0 cm³/mol. The first-order chi connectivity index (χ1) is 6.83. The van der Waals surface area contributed by atoms with Crippen molar-refractivity contribution in [3.05, 3.63) is 21.3 Å². The first kappa shape index (κ1) is 12.0. The van der Waals surface area contributed by atoms with E-state index >= 15 is 0 Å². The minimum Gasteiger partial charge on any atom is -0.396 e. The maximum Gasteiger partial charge on any atom is 0.0516 e. The van der Waals surface area contributed by atoms with Gasteiger partial charge in [-0.15, -0.1) is 11.3 Å². The minimum atomic E-state index is 0.306. The molecule has 0 aliphatic carbocycles. The lowest BCUT2D eigenvalue weighted by Gasteiger charge is -2.01. The fourth-order valence-corrected chi connectivity index (χ4v) is 2.24. The van der Waals surface area contributed by atoms with E-state index in [1.807, 2.05) is 11.4 Å². The molecule has 0 saturated carbocycles. The number of unbranched alkanes of at least 4 members (excludes halogenated alkanes) is 2. The zero-order valence-corrected chi connectivity index (χ0v) is 9.70. The number of nitrogens with one attached hydrogen (secondary N) is 1. The smallest absolute Gasteiger partial charge is 0.0516 e. The topological polar surface area (TPSA) is 32.3 Å². The Kier molecular flexibility index (Phi) is 6.19. The van der Waals surface area contributed by atoms with E-state index in [9.17, 15) is 0 Å². The molecule has 4 heteroatoms. The molecule has 2 nitrogen and oxygen atoms in total. The first-order valence-corrected chi connectivity index (χ1v) is 6.13. The van der Waals surface area contributed by atoms with E-state index in [1.54, 1.807) is 11.3 Å². The molecule has 14 heavy (non-hydrogen) atoms. The molecule has 80 valence electrons. The molecule has 1 rings (SSSR count). The van der Waals surface area contributed by atoms with Crippen molar-refractivity contribution in [1.29, 1.82) is 0 Å². The number of aliphatic hydroxyl groups is 1. The van der Waals surface area contributed by atoms with Gasteiger partial charge in [-0.2, -0.15) is 0 Å². The third kappa shape index (κ3) is 4.96. The normalized spacial score (nSPS) is 10.7. The lowest BCUT2D eigenvalue weighted by Crippen LogP contribution is -2.13. The third-order valence-corrected chi connectivity index (χ3v) is 3.22. The van der Waals surface area contributed by atoms with Crippen LogP contribution in [0, 0.1) is 0 Å². The fraction of sp³-hybridized carbons (Fsp3) is 0.600. The Morgan fingerprint density at radius 2 is 2.21 bits per heavy atom. The lowest BCUT2D eigenvalue weighted by molar-refractivity contribution is 0.283. The maximum atomic E-state index is 8.57. The summed E-state index contributed by atoms with van der Waals surface area (Å²) in [6, 6.07) is 1.99. The van der Waals surface area contributed by atoms with Crippen molar-refractivity contribution in [2.24, 2.45) is 0 Å². The molecule has 1 aromatic rings. The average Bonchev–Trinajstić information content (AvgIpc) is 2.58. The van der Waals surface area contributed by atoms with E-state index < -0.39 is 0 Å². The van der Waals surface area contributed by atoms with Crippen LogP contribution >= 0.6 is 22.9 Å². The van der Waals surface area contributed by atoms with Crippen molar-refractivity contribution in [2.75, 3.05) is 13.2 Å². The number of aliphatic hydroxyl groups excluding tert-OH is 1. The Bertz CT molecular complexity index is 252. The monoisotopic (exact) mass is 233 g/mol. The van der Waals surface area contributed by atoms with Crippen LogP contribution in [0.25, 0.3) is 0 Å². The van der Waals surface area contributed by atoms with Crippen LogP contribution in [0.4, 0.5) is 0 Å². The third-order valence-electron chi connectivity index (χ3n) is 1.93. The number of hydrogen-bond donors (Lipinski definition) is 2. The van der Waals surface area contributed by atoms with Gasteiger partial charge >= 0.3 is 0 Å². The van der Waals surface area contributed by atoms with Crippen LogP contribution in [0.2, 0.25) is 5.02 Å². The summed E-state index contributed by atoms with van der Waals surface area (Å²) in [7, 11) is 0. The van der Waals surface area contributed by atoms with Gasteiger partial charge in [0.25, 0.3) is 0 Å². The molecule has 1 aromatic heterocycles. The minimum absolute atomic E-state index is 0.306. The van der Waals surface area contributed by atoms with Gasteiger partial charge in [-0.05, 0) is 31.9 Å². The van der Waals surface area contributed by atoms with E-state index in [-0.39, 0.29) is 0 Å². The zero-order chi connectivity index (χ0) is 10.2. The van der Waals surface area contributed by atoms with Crippen LogP contribution in [0.3, 0.4) is 0 Å². The Labute approximate surface area is 93.9 Å². The van der Waals surface area contributed by atoms with Gasteiger partial charge in [0.15, 0.2) is 0 Å². The standard InChI is InChI=1S/C10H16ClNOS/c11-9-6-10(14-8-9)7-12-4-2-1-3-5-13/h6,8,12-13H,1-5,7H2. The number of halogens is 1. The summed E-state index contributed by atoms with van der Waals surface area (Å²) in [6.07, 6.45) is 3.13. The molecular formula is C10H16ClNOS. The highest BCUT2D eigenvalue weighted by Crippen LogP contribution is 2.18. The van der Waals surface area contributed by atoms with Crippen molar-refractivity contribution in [1.82, 2.24) is 5.32 Å². The van der Waals surface area contributed by atoms with E-state index in [1.165, 1.54) is 4.88 Å². The summed E-state index contributed by atoms with van der Waals surface area (Å²) in [5.41, 5.74) is 0. The van der Waals surface area contributed by atoms with Crippen molar-refractivity contribution in [2.45, 2.75) is 25.8 Å². The van der Waals surface area contributed by atoms with Crippen LogP contribution in [-0.4, -0.2) is 18.3 Å². The van der Waals surface area contributed by atoms with Gasteiger partial charge < -0.3 is 10.4 Å². The molecule has 0 radical (unpaired) electrons. The first-order valence-electron chi connectivity index (χ1n) is 4.87. The predicted octanol–water partition coefficient (Wildman–Crippen LogP) is 2.65. The van der Waals surface area contributed by atoms with E-state index in [4.69, 9.17) is 16.7 Å². The average molecular weight is 234 g/mol. The summed E-state index contributed by atoms with van der Waals surface area (Å²) < 4.78 is 0. The van der Waals surface area contributed by atoms with Crippen molar-refractivity contribution < 1.29 is 5.11 Å². The second-order valence-corrected chi connectivity index (χ2v) is 4.62. The molecule has 0 fully saturated rings. The molecule has 0 spiro atoms. The maximum absolute atomic E-state index is 8.57. The van der Waals surface area contributed by atoms with Gasteiger partial charge in [-0.3, -0.25) is 0 Å². The molecule has 1 heterocycles. The highest BCUT2D eigenvalue weighted by molar-refractivity contribution is 7.10. The number of hydrogen-bond acceptors (Lipinski definition) is 3. The summed E-state index contributed by atoms with van der Waals surface area (Å²) in [6.45, 7) is 2.21. The Morgan fingerprint density at radius 3 is 2.86 bits per heavy atom. The van der Waals surface area contributed by atoms with Crippen LogP contribution < -0.4 is 5.32 Å². The van der Waals surface area contributed by atoms with Crippen molar-refractivity contribution in [3.63, 3.8) is 0 Å². The molecule has 2 N–H and O–H groups in total. The van der Waals surface area contributed by atoms with Crippen molar-refractivity contribution in [3.8, 4) is 0 Å². The Balaban J connectivity index is 1.99. The summed E-state index contributed by atoms with van der Waals surface area (Å²) >= 11 is 7.48. The summed E-state index contributed by atoms with van der Waals surface area (Å²) in [5.74, 6) is 0. The van der Waals surface area contributed by atoms with Crippen molar-refractivity contribution >= 4 is 22.9 Å². The Hall–Kier alpha value is -0.0900. The quantitative estimate of drug-likeness (QED) is 0.710. The molecule has 0 aromatic carbocycles. The molecule has 0 amide bonds. The molecule has 0 bridgehead atoms. The van der Waals surface area contributed by atoms with Gasteiger partial charge in [0.05, 0.1) is 5.02 Å². The van der Waals surface area contributed by atoms with E-state index in [0.717, 1.165) is 37.4 Å². The molecule has 0 aliphatic heterocycles. The van der Waals surface area contributed by atoms with Crippen LogP contribution in [-0.2, 0) is 6.54 Å². The van der Waals surface area contributed by atoms with E-state index in [2.05, 4.69) is 5.32 Å². The lowest BCUT2D eigenvalue weighted by atomic mass is 10.2. The van der Waals surface area contributed by atoms with Gasteiger partial charge in [0, 0.05) is 23.4 Å². The molecular weight excluding hydrogens is 218 g/mol. The summed E-state index contributed by atoms with van der Waals surface area (Å²) in [5, 5.41) is 14.7. The second-order valence-electron chi connectivity index (χ2n) is 3.19. The fourth-order valence-electron chi connectivity index (χ4n) is 1.20. The molecule has 0 saturated heterocycles. The van der Waals surface area contributed by atoms with Gasteiger partial charge in [-0.25, -0.2) is 0 Å². The van der Waals surface area contributed by atoms with Gasteiger partial charge in [-0.1, -0.05) is 11.6 Å². The van der Waals surface area contributed by atoms with Crippen LogP contribution in [0.1, 0.15) is 24.1 Å². The molecule has 0 atom stereocenters. The number of thiophene rings is 1. The molecule has 0 aliphatic rings. The van der Waals surface area contributed by atoms with Crippen LogP contribution in [0.15, 0.2) is 11.4 Å². The highest BCUT2D eigenvalue weighted by Gasteiger charge is 1.96. The van der Waals surface area contributed by atoms with Gasteiger partial charge in [0.2, 0.25) is 0 Å². The largest absolute Gasteiger partial charge is 0.396 e. The molecule has 0 unspecified atom stereocenters. The Morgan fingerprint density at radius 1 is 1.36 bits per heavy atom. The zero-order valence-electron chi connectivity index (χ0n) is 8.13. The summed E-state index contributed by atoms with van der Waals surface area (Å²) in [4.78, 5) is 1.28. The second kappa shape index (κ2) is 7.23. The van der Waals surface area contributed by atoms with Crippen LogP contribution in [0.5, 0.6) is 0 Å². The van der Waals surface area contributed by atoms with Gasteiger partial charge in [0.1, 0.15) is 0 Å². The number of rotatable bonds is 7. The SMILES string of the molecule is OCCCCCNCc1cc(Cl)cs1. The van der Waals surface area contributed by atoms with E-state index in [0.29, 0.717) is 6.61 Å².